The van der Waals surface area contributed by atoms with Crippen molar-refractivity contribution in [1.29, 1.82) is 0 Å². The summed E-state index contributed by atoms with van der Waals surface area (Å²) in [6.07, 6.45) is 5.36. The van der Waals surface area contributed by atoms with Gasteiger partial charge in [-0.2, -0.15) is 4.98 Å². The number of hydrogen-bond acceptors (Lipinski definition) is 4. The van der Waals surface area contributed by atoms with Crippen LogP contribution in [0.3, 0.4) is 0 Å². The third-order valence-electron chi connectivity index (χ3n) is 4.37. The summed E-state index contributed by atoms with van der Waals surface area (Å²) < 4.78 is 5.23. The smallest absolute Gasteiger partial charge is 0.307 e. The quantitative estimate of drug-likeness (QED) is 0.888. The van der Waals surface area contributed by atoms with Gasteiger partial charge in [-0.15, -0.1) is 0 Å². The molecule has 5 nitrogen and oxygen atoms in total. The van der Waals surface area contributed by atoms with Crippen molar-refractivity contribution in [3.63, 3.8) is 0 Å². The number of rotatable bonds is 4. The predicted octanol–water partition coefficient (Wildman–Crippen LogP) is 2.55. The summed E-state index contributed by atoms with van der Waals surface area (Å²) in [5.74, 6) is 1.39. The molecule has 0 radical (unpaired) electrons. The van der Waals surface area contributed by atoms with E-state index in [0.29, 0.717) is 18.2 Å². The lowest BCUT2D eigenvalue weighted by molar-refractivity contribution is -0.138. The van der Waals surface area contributed by atoms with Crippen LogP contribution in [0.5, 0.6) is 0 Å². The molecule has 1 aromatic heterocycles. The Labute approximate surface area is 106 Å². The maximum absolute atomic E-state index is 10.8. The monoisotopic (exact) mass is 250 g/mol. The predicted molar refractivity (Wildman–Crippen MR) is 63.2 cm³/mol. The first-order valence-electron chi connectivity index (χ1n) is 6.75. The second-order valence-corrected chi connectivity index (χ2v) is 5.56. The number of carboxylic acid groups (broad SMARTS) is 1. The highest BCUT2D eigenvalue weighted by Gasteiger charge is 2.48. The highest BCUT2D eigenvalue weighted by molar-refractivity contribution is 5.74. The molecule has 98 valence electrons. The van der Waals surface area contributed by atoms with Gasteiger partial charge in [0.15, 0.2) is 5.82 Å². The largest absolute Gasteiger partial charge is 0.481 e. The Morgan fingerprint density at radius 3 is 2.89 bits per heavy atom. The van der Waals surface area contributed by atoms with Crippen LogP contribution in [0.25, 0.3) is 0 Å². The normalized spacial score (nSPS) is 34.7. The zero-order valence-corrected chi connectivity index (χ0v) is 10.5. The van der Waals surface area contributed by atoms with Gasteiger partial charge in [-0.05, 0) is 31.6 Å². The minimum atomic E-state index is -0.758. The molecule has 3 rings (SSSR count). The Balaban J connectivity index is 1.66. The van der Waals surface area contributed by atoms with Crippen LogP contribution in [0.2, 0.25) is 0 Å². The van der Waals surface area contributed by atoms with E-state index in [9.17, 15) is 4.79 Å². The van der Waals surface area contributed by atoms with Gasteiger partial charge >= 0.3 is 5.97 Å². The van der Waals surface area contributed by atoms with E-state index in [-0.39, 0.29) is 11.8 Å². The molecule has 4 atom stereocenters. The molecule has 0 aromatic carbocycles. The third-order valence-corrected chi connectivity index (χ3v) is 4.37. The fourth-order valence-electron chi connectivity index (χ4n) is 2.98. The second kappa shape index (κ2) is 4.37. The Morgan fingerprint density at radius 2 is 2.28 bits per heavy atom. The van der Waals surface area contributed by atoms with Gasteiger partial charge in [0.1, 0.15) is 0 Å². The summed E-state index contributed by atoms with van der Waals surface area (Å²) in [5.41, 5.74) is 0. The summed E-state index contributed by atoms with van der Waals surface area (Å²) in [5, 5.41) is 12.9. The summed E-state index contributed by atoms with van der Waals surface area (Å²) in [4.78, 5) is 15.2. The summed E-state index contributed by atoms with van der Waals surface area (Å²) >= 11 is 0. The molecular formula is C13H18N2O3. The van der Waals surface area contributed by atoms with Gasteiger partial charge in [0.2, 0.25) is 5.89 Å². The zero-order chi connectivity index (χ0) is 12.7. The number of hydrogen-bond donors (Lipinski definition) is 1. The van der Waals surface area contributed by atoms with Crippen LogP contribution in [0.4, 0.5) is 0 Å². The van der Waals surface area contributed by atoms with E-state index in [0.717, 1.165) is 24.6 Å². The van der Waals surface area contributed by atoms with Crippen molar-refractivity contribution >= 4 is 5.97 Å². The molecule has 0 aliphatic heterocycles. The van der Waals surface area contributed by atoms with Crippen molar-refractivity contribution in [2.24, 2.45) is 11.8 Å². The molecule has 5 heteroatoms. The topological polar surface area (TPSA) is 76.2 Å². The lowest BCUT2D eigenvalue weighted by atomic mass is 10.0. The van der Waals surface area contributed by atoms with E-state index in [4.69, 9.17) is 9.63 Å². The molecule has 4 unspecified atom stereocenters. The van der Waals surface area contributed by atoms with E-state index in [1.807, 2.05) is 0 Å². The third kappa shape index (κ3) is 2.02. The van der Waals surface area contributed by atoms with Crippen molar-refractivity contribution in [2.75, 3.05) is 0 Å². The highest BCUT2D eigenvalue weighted by atomic mass is 16.5. The fourth-order valence-corrected chi connectivity index (χ4v) is 2.98. The molecular weight excluding hydrogens is 232 g/mol. The Morgan fingerprint density at radius 1 is 1.44 bits per heavy atom. The lowest BCUT2D eigenvalue weighted by Crippen LogP contribution is -2.00. The Bertz CT molecular complexity index is 457. The number of aromatic nitrogens is 2. The summed E-state index contributed by atoms with van der Waals surface area (Å²) in [7, 11) is 0. The number of nitrogens with zero attached hydrogens (tertiary/aromatic N) is 2. The summed E-state index contributed by atoms with van der Waals surface area (Å²) in [6, 6.07) is 0. The molecule has 0 amide bonds. The van der Waals surface area contributed by atoms with Gasteiger partial charge in [0.05, 0.1) is 11.8 Å². The average molecular weight is 250 g/mol. The lowest BCUT2D eigenvalue weighted by Gasteiger charge is -2.04. The zero-order valence-electron chi connectivity index (χ0n) is 10.5. The maximum atomic E-state index is 10.8. The highest BCUT2D eigenvalue weighted by Crippen LogP contribution is 2.47. The first-order valence-corrected chi connectivity index (χ1v) is 6.75. The molecule has 0 saturated heterocycles. The number of carbonyl (C=O) groups is 1. The van der Waals surface area contributed by atoms with Crippen LogP contribution in [0.15, 0.2) is 4.52 Å². The molecule has 1 aromatic rings. The van der Waals surface area contributed by atoms with Crippen molar-refractivity contribution in [2.45, 2.75) is 50.9 Å². The van der Waals surface area contributed by atoms with Crippen LogP contribution in [-0.2, 0) is 4.79 Å². The van der Waals surface area contributed by atoms with Gasteiger partial charge in [0.25, 0.3) is 0 Å². The molecule has 2 saturated carbocycles. The van der Waals surface area contributed by atoms with E-state index in [1.165, 1.54) is 12.8 Å². The van der Waals surface area contributed by atoms with Gasteiger partial charge in [-0.25, -0.2) is 0 Å². The average Bonchev–Trinajstić information content (AvgIpc) is 2.82. The Hall–Kier alpha value is -1.39. The molecule has 1 heterocycles. The molecule has 1 N–H and O–H groups in total. The number of carboxylic acids is 1. The minimum absolute atomic E-state index is 0.0490. The van der Waals surface area contributed by atoms with Crippen LogP contribution < -0.4 is 0 Å². The standard InChI is InChI=1S/C13H18N2O3/c1-2-7-3-4-8(5-7)11-14-12(18-15-11)9-6-10(9)13(16)17/h7-10H,2-6H2,1H3,(H,16,17). The van der Waals surface area contributed by atoms with Gasteiger partial charge in [-0.3, -0.25) is 4.79 Å². The van der Waals surface area contributed by atoms with Gasteiger partial charge in [0, 0.05) is 5.92 Å². The number of aliphatic carboxylic acids is 1. The van der Waals surface area contributed by atoms with Gasteiger partial charge < -0.3 is 9.63 Å². The molecule has 2 aliphatic rings. The van der Waals surface area contributed by atoms with E-state index < -0.39 is 5.97 Å². The molecule has 0 bridgehead atoms. The SMILES string of the molecule is CCC1CCC(c2noc(C3CC3C(=O)O)n2)C1. The van der Waals surface area contributed by atoms with Crippen molar-refractivity contribution in [1.82, 2.24) is 10.1 Å². The Kier molecular flexibility index (Phi) is 2.84. The van der Waals surface area contributed by atoms with Crippen molar-refractivity contribution in [3.05, 3.63) is 11.7 Å². The van der Waals surface area contributed by atoms with Crippen molar-refractivity contribution in [3.8, 4) is 0 Å². The maximum Gasteiger partial charge on any atom is 0.307 e. The fraction of sp³-hybridized carbons (Fsp3) is 0.769. The van der Waals surface area contributed by atoms with E-state index >= 15 is 0 Å². The first kappa shape index (κ1) is 11.7. The second-order valence-electron chi connectivity index (χ2n) is 5.56. The van der Waals surface area contributed by atoms with Crippen molar-refractivity contribution < 1.29 is 14.4 Å². The van der Waals surface area contributed by atoms with E-state index in [1.54, 1.807) is 0 Å². The molecule has 18 heavy (non-hydrogen) atoms. The minimum Gasteiger partial charge on any atom is -0.481 e. The van der Waals surface area contributed by atoms with Crippen LogP contribution >= 0.6 is 0 Å². The van der Waals surface area contributed by atoms with Crippen LogP contribution in [0, 0.1) is 11.8 Å². The van der Waals surface area contributed by atoms with Gasteiger partial charge in [-0.1, -0.05) is 18.5 Å². The van der Waals surface area contributed by atoms with Crippen LogP contribution in [-0.4, -0.2) is 21.2 Å². The summed E-state index contributed by atoms with van der Waals surface area (Å²) in [6.45, 7) is 2.22. The molecule has 2 fully saturated rings. The molecule has 2 aliphatic carbocycles. The molecule has 0 spiro atoms. The van der Waals surface area contributed by atoms with Crippen LogP contribution in [0.1, 0.15) is 62.6 Å². The first-order chi connectivity index (χ1) is 8.69. The van der Waals surface area contributed by atoms with E-state index in [2.05, 4.69) is 17.1 Å².